The van der Waals surface area contributed by atoms with E-state index in [9.17, 15) is 0 Å². The Morgan fingerprint density at radius 2 is 1.82 bits per heavy atom. The van der Waals surface area contributed by atoms with Gasteiger partial charge in [-0.2, -0.15) is 0 Å². The highest BCUT2D eigenvalue weighted by Crippen LogP contribution is 2.28. The lowest BCUT2D eigenvalue weighted by Gasteiger charge is -2.07. The Kier molecular flexibility index (Phi) is 4.02. The van der Waals surface area contributed by atoms with E-state index >= 15 is 0 Å². The molecule has 1 N–H and O–H groups in total. The van der Waals surface area contributed by atoms with E-state index in [0.717, 1.165) is 22.4 Å². The third-order valence-electron chi connectivity index (χ3n) is 3.30. The standard InChI is InChI=1S/C17H15ClN2O2/c1-21-15-7-3-11(9-16(15)22-2)4-8-17-19-13-6-5-12(18)10-14(13)20-17/h3-10H,1-2H3,(H,19,20)/b8-4+. The van der Waals surface area contributed by atoms with E-state index in [0.29, 0.717) is 16.5 Å². The van der Waals surface area contributed by atoms with Crippen molar-refractivity contribution in [3.63, 3.8) is 0 Å². The summed E-state index contributed by atoms with van der Waals surface area (Å²) in [5.41, 5.74) is 2.80. The van der Waals surface area contributed by atoms with Crippen LogP contribution in [0.2, 0.25) is 5.02 Å². The van der Waals surface area contributed by atoms with Crippen LogP contribution in [-0.4, -0.2) is 24.2 Å². The first-order valence-corrected chi connectivity index (χ1v) is 7.13. The molecule has 3 aromatic rings. The van der Waals surface area contributed by atoms with E-state index in [2.05, 4.69) is 9.97 Å². The molecule has 22 heavy (non-hydrogen) atoms. The largest absolute Gasteiger partial charge is 0.493 e. The van der Waals surface area contributed by atoms with E-state index in [1.54, 1.807) is 14.2 Å². The van der Waals surface area contributed by atoms with Crippen molar-refractivity contribution in [3.05, 3.63) is 52.8 Å². The van der Waals surface area contributed by atoms with Crippen molar-refractivity contribution in [2.75, 3.05) is 14.2 Å². The maximum atomic E-state index is 5.97. The minimum absolute atomic E-state index is 0.687. The summed E-state index contributed by atoms with van der Waals surface area (Å²) >= 11 is 5.97. The summed E-state index contributed by atoms with van der Waals surface area (Å²) in [4.78, 5) is 7.71. The van der Waals surface area contributed by atoms with Gasteiger partial charge in [-0.1, -0.05) is 23.7 Å². The number of imidazole rings is 1. The summed E-state index contributed by atoms with van der Waals surface area (Å²) in [7, 11) is 3.24. The van der Waals surface area contributed by atoms with Crippen LogP contribution < -0.4 is 9.47 Å². The molecule has 0 aliphatic rings. The zero-order valence-corrected chi connectivity index (χ0v) is 13.0. The number of hydrogen-bond donors (Lipinski definition) is 1. The van der Waals surface area contributed by atoms with E-state index in [-0.39, 0.29) is 0 Å². The molecule has 1 heterocycles. The van der Waals surface area contributed by atoms with Gasteiger partial charge in [0.05, 0.1) is 25.3 Å². The monoisotopic (exact) mass is 314 g/mol. The molecule has 0 aliphatic carbocycles. The van der Waals surface area contributed by atoms with Gasteiger partial charge in [0.1, 0.15) is 5.82 Å². The van der Waals surface area contributed by atoms with Crippen molar-refractivity contribution >= 4 is 34.8 Å². The van der Waals surface area contributed by atoms with Crippen molar-refractivity contribution in [2.45, 2.75) is 0 Å². The maximum absolute atomic E-state index is 5.97. The molecule has 0 saturated heterocycles. The van der Waals surface area contributed by atoms with Crippen molar-refractivity contribution in [3.8, 4) is 11.5 Å². The van der Waals surface area contributed by atoms with E-state index in [4.69, 9.17) is 21.1 Å². The first-order chi connectivity index (χ1) is 10.7. The Hall–Kier alpha value is -2.46. The van der Waals surface area contributed by atoms with E-state index in [1.807, 2.05) is 48.6 Å². The second kappa shape index (κ2) is 6.12. The Morgan fingerprint density at radius 1 is 1.00 bits per heavy atom. The first-order valence-electron chi connectivity index (χ1n) is 6.75. The van der Waals surface area contributed by atoms with Crippen LogP contribution in [0.3, 0.4) is 0 Å². The molecule has 2 aromatic carbocycles. The minimum Gasteiger partial charge on any atom is -0.493 e. The number of nitrogens with one attached hydrogen (secondary N) is 1. The Morgan fingerprint density at radius 3 is 2.59 bits per heavy atom. The quantitative estimate of drug-likeness (QED) is 0.776. The van der Waals surface area contributed by atoms with Crippen LogP contribution in [0.15, 0.2) is 36.4 Å². The Balaban J connectivity index is 1.89. The molecular formula is C17H15ClN2O2. The summed E-state index contributed by atoms with van der Waals surface area (Å²) in [5, 5.41) is 0.687. The molecule has 3 rings (SSSR count). The number of ether oxygens (including phenoxy) is 2. The van der Waals surface area contributed by atoms with Crippen LogP contribution in [0.5, 0.6) is 11.5 Å². The molecular weight excluding hydrogens is 300 g/mol. The number of benzene rings is 2. The summed E-state index contributed by atoms with van der Waals surface area (Å²) in [6, 6.07) is 11.3. The minimum atomic E-state index is 0.687. The lowest BCUT2D eigenvalue weighted by Crippen LogP contribution is -1.90. The molecule has 0 fully saturated rings. The fraction of sp³-hybridized carbons (Fsp3) is 0.118. The van der Waals surface area contributed by atoms with Gasteiger partial charge in [-0.05, 0) is 42.0 Å². The highest BCUT2D eigenvalue weighted by atomic mass is 35.5. The van der Waals surface area contributed by atoms with Gasteiger partial charge in [0, 0.05) is 5.02 Å². The molecule has 0 bridgehead atoms. The molecule has 1 aromatic heterocycles. The van der Waals surface area contributed by atoms with Crippen LogP contribution in [0, 0.1) is 0 Å². The fourth-order valence-corrected chi connectivity index (χ4v) is 2.38. The van der Waals surface area contributed by atoms with Gasteiger partial charge >= 0.3 is 0 Å². The van der Waals surface area contributed by atoms with E-state index in [1.165, 1.54) is 0 Å². The Bertz CT molecular complexity index is 840. The lowest BCUT2D eigenvalue weighted by molar-refractivity contribution is 0.355. The number of halogens is 1. The van der Waals surface area contributed by atoms with Crippen LogP contribution in [0.1, 0.15) is 11.4 Å². The van der Waals surface area contributed by atoms with Gasteiger partial charge in [-0.3, -0.25) is 0 Å². The van der Waals surface area contributed by atoms with Crippen molar-refractivity contribution in [1.29, 1.82) is 0 Å². The summed E-state index contributed by atoms with van der Waals surface area (Å²) in [6.45, 7) is 0. The van der Waals surface area contributed by atoms with E-state index < -0.39 is 0 Å². The highest BCUT2D eigenvalue weighted by molar-refractivity contribution is 6.31. The lowest BCUT2D eigenvalue weighted by atomic mass is 10.2. The average Bonchev–Trinajstić information content (AvgIpc) is 2.94. The molecule has 0 aliphatic heterocycles. The second-order valence-corrected chi connectivity index (χ2v) is 5.17. The second-order valence-electron chi connectivity index (χ2n) is 4.73. The van der Waals surface area contributed by atoms with Gasteiger partial charge in [-0.25, -0.2) is 4.98 Å². The molecule has 0 unspecified atom stereocenters. The van der Waals surface area contributed by atoms with Gasteiger partial charge in [0.2, 0.25) is 0 Å². The molecule has 112 valence electrons. The topological polar surface area (TPSA) is 47.1 Å². The number of rotatable bonds is 4. The molecule has 0 amide bonds. The fourth-order valence-electron chi connectivity index (χ4n) is 2.21. The van der Waals surface area contributed by atoms with Gasteiger partial charge in [-0.15, -0.1) is 0 Å². The predicted molar refractivity (Wildman–Crippen MR) is 89.6 cm³/mol. The SMILES string of the molecule is COc1ccc(/C=C/c2nc3ccc(Cl)cc3[nH]2)cc1OC. The number of aromatic nitrogens is 2. The highest BCUT2D eigenvalue weighted by Gasteiger charge is 2.03. The smallest absolute Gasteiger partial charge is 0.161 e. The predicted octanol–water partition coefficient (Wildman–Crippen LogP) is 4.40. The van der Waals surface area contributed by atoms with Crippen LogP contribution in [-0.2, 0) is 0 Å². The van der Waals surface area contributed by atoms with Crippen molar-refractivity contribution in [2.24, 2.45) is 0 Å². The number of hydrogen-bond acceptors (Lipinski definition) is 3. The van der Waals surface area contributed by atoms with Gasteiger partial charge in [0.25, 0.3) is 0 Å². The van der Waals surface area contributed by atoms with Gasteiger partial charge < -0.3 is 14.5 Å². The third kappa shape index (κ3) is 2.92. The number of H-pyrrole nitrogens is 1. The maximum Gasteiger partial charge on any atom is 0.161 e. The molecule has 0 radical (unpaired) electrons. The zero-order chi connectivity index (χ0) is 15.5. The Labute approximate surface area is 133 Å². The van der Waals surface area contributed by atoms with Crippen molar-refractivity contribution in [1.82, 2.24) is 9.97 Å². The van der Waals surface area contributed by atoms with Crippen LogP contribution >= 0.6 is 11.6 Å². The van der Waals surface area contributed by atoms with Crippen LogP contribution in [0.4, 0.5) is 0 Å². The molecule has 0 saturated carbocycles. The number of nitrogens with zero attached hydrogens (tertiary/aromatic N) is 1. The first kappa shape index (κ1) is 14.5. The molecule has 0 atom stereocenters. The summed E-state index contributed by atoms with van der Waals surface area (Å²) < 4.78 is 10.5. The van der Waals surface area contributed by atoms with Crippen molar-refractivity contribution < 1.29 is 9.47 Å². The average molecular weight is 315 g/mol. The molecule has 0 spiro atoms. The summed E-state index contributed by atoms with van der Waals surface area (Å²) in [5.74, 6) is 2.17. The normalized spacial score (nSPS) is 11.2. The molecule has 5 heteroatoms. The number of methoxy groups -OCH3 is 2. The molecule has 4 nitrogen and oxygen atoms in total. The number of aromatic amines is 1. The zero-order valence-electron chi connectivity index (χ0n) is 12.3. The van der Waals surface area contributed by atoms with Gasteiger partial charge in [0.15, 0.2) is 11.5 Å². The van der Waals surface area contributed by atoms with Crippen LogP contribution in [0.25, 0.3) is 23.2 Å². The third-order valence-corrected chi connectivity index (χ3v) is 3.54. The number of fused-ring (bicyclic) bond motifs is 1. The summed E-state index contributed by atoms with van der Waals surface area (Å²) in [6.07, 6.45) is 3.87.